The molecule has 3 aliphatic rings. The topological polar surface area (TPSA) is 162 Å². The van der Waals surface area contributed by atoms with Crippen LogP contribution in [0.25, 0.3) is 0 Å². The summed E-state index contributed by atoms with van der Waals surface area (Å²) in [4.78, 5) is 92.5. The van der Waals surface area contributed by atoms with Gasteiger partial charge in [-0.25, -0.2) is 4.98 Å². The van der Waals surface area contributed by atoms with Crippen molar-refractivity contribution in [3.63, 3.8) is 0 Å². The summed E-state index contributed by atoms with van der Waals surface area (Å²) in [5.74, 6) is -5.81. The van der Waals surface area contributed by atoms with Gasteiger partial charge in [-0.2, -0.15) is 0 Å². The molecule has 2 aliphatic carbocycles. The molecule has 3 fully saturated rings. The molecule has 1 unspecified atom stereocenters. The zero-order valence-corrected chi connectivity index (χ0v) is 33.7. The van der Waals surface area contributed by atoms with Crippen LogP contribution in [0.4, 0.5) is 13.2 Å². The zero-order chi connectivity index (χ0) is 42.2. The minimum atomic E-state index is -5.01. The molecule has 2 aromatic rings. The van der Waals surface area contributed by atoms with Crippen molar-refractivity contribution in [1.82, 2.24) is 20.2 Å². The van der Waals surface area contributed by atoms with Crippen molar-refractivity contribution in [2.45, 2.75) is 136 Å². The Morgan fingerprint density at radius 1 is 0.931 bits per heavy atom. The van der Waals surface area contributed by atoms with Crippen molar-refractivity contribution < 1.29 is 51.4 Å². The minimum absolute atomic E-state index is 0.0420. The standard InChI is InChI=1S/C43H55F3N4O8/c1-5-11-28(39(54)35(53)20-26-16-17-26)21-33(51)32-22-29(57-36-14-9-10-15-37(36)58-43(44,45)46)25-50(32)41(56)30(42(2,3)4)23-34(52)38(27-12-7-6-8-13-27)49-40(55)31-24-47-18-19-48-31/h9-10,14-15,18-19,24,26-30,32,38H,5-8,11-13,16-17,20-23,25H2,1-4H3,(H,49,55)/t28-,29-,30-,32?,38+/m1/s1. The molecule has 5 atom stereocenters. The molecule has 58 heavy (non-hydrogen) atoms. The SMILES string of the molecule is CCC[C@H](CC(=O)C1C[C@@H](Oc2ccccc2OC(F)(F)F)CN1C(=O)[C@@H](CC(=O)[C@@H](NC(=O)c1cnccn1)C1CCCCC1)C(C)(C)C)C(=O)C(=O)CC1CC1. The quantitative estimate of drug-likeness (QED) is 0.146. The van der Waals surface area contributed by atoms with Gasteiger partial charge in [-0.05, 0) is 61.5 Å². The summed E-state index contributed by atoms with van der Waals surface area (Å²) in [7, 11) is 0. The first kappa shape index (κ1) is 44.4. The van der Waals surface area contributed by atoms with E-state index in [1.807, 2.05) is 6.92 Å². The van der Waals surface area contributed by atoms with Crippen molar-refractivity contribution in [3.05, 3.63) is 48.5 Å². The summed E-state index contributed by atoms with van der Waals surface area (Å²) in [5.41, 5.74) is -0.797. The Morgan fingerprint density at radius 2 is 1.62 bits per heavy atom. The van der Waals surface area contributed by atoms with Crippen LogP contribution in [0.5, 0.6) is 11.5 Å². The van der Waals surface area contributed by atoms with Gasteiger partial charge in [0.05, 0.1) is 24.8 Å². The summed E-state index contributed by atoms with van der Waals surface area (Å²) < 4.78 is 50.1. The molecule has 1 aromatic heterocycles. The summed E-state index contributed by atoms with van der Waals surface area (Å²) in [6, 6.07) is 3.12. The van der Waals surface area contributed by atoms with Gasteiger partial charge in [0, 0.05) is 49.9 Å². The number of benzene rings is 1. The van der Waals surface area contributed by atoms with E-state index in [1.54, 1.807) is 20.8 Å². The van der Waals surface area contributed by atoms with E-state index in [4.69, 9.17) is 4.74 Å². The van der Waals surface area contributed by atoms with Gasteiger partial charge in [-0.1, -0.05) is 65.5 Å². The highest BCUT2D eigenvalue weighted by molar-refractivity contribution is 6.38. The average Bonchev–Trinajstić information content (AvgIpc) is 3.90. The number of ketones is 4. The summed E-state index contributed by atoms with van der Waals surface area (Å²) in [5, 5.41) is 2.88. The van der Waals surface area contributed by atoms with Gasteiger partial charge in [-0.15, -0.1) is 13.2 Å². The van der Waals surface area contributed by atoms with Gasteiger partial charge < -0.3 is 19.7 Å². The largest absolute Gasteiger partial charge is 0.573 e. The van der Waals surface area contributed by atoms with Crippen LogP contribution in [0.15, 0.2) is 42.9 Å². The number of rotatable bonds is 19. The van der Waals surface area contributed by atoms with Crippen LogP contribution in [0.3, 0.4) is 0 Å². The Morgan fingerprint density at radius 3 is 2.22 bits per heavy atom. The fraction of sp³-hybridized carbons (Fsp3) is 0.628. The summed E-state index contributed by atoms with van der Waals surface area (Å²) >= 11 is 0. The number of carbonyl (C=O) groups excluding carboxylic acids is 6. The van der Waals surface area contributed by atoms with E-state index in [-0.39, 0.29) is 67.7 Å². The highest BCUT2D eigenvalue weighted by Crippen LogP contribution is 2.39. The van der Waals surface area contributed by atoms with Crippen LogP contribution in [-0.2, 0) is 24.0 Å². The number of ether oxygens (including phenoxy) is 2. The third-order valence-electron chi connectivity index (χ3n) is 11.5. The maximum absolute atomic E-state index is 14.9. The van der Waals surface area contributed by atoms with Crippen molar-refractivity contribution in [2.75, 3.05) is 6.54 Å². The summed E-state index contributed by atoms with van der Waals surface area (Å²) in [6.07, 6.45) is 4.28. The number of amides is 2. The zero-order valence-electron chi connectivity index (χ0n) is 33.7. The van der Waals surface area contributed by atoms with E-state index < -0.39 is 76.7 Å². The summed E-state index contributed by atoms with van der Waals surface area (Å²) in [6.45, 7) is 7.02. The Labute approximate surface area is 337 Å². The lowest BCUT2D eigenvalue weighted by Gasteiger charge is -2.36. The maximum Gasteiger partial charge on any atom is 0.573 e. The van der Waals surface area contributed by atoms with Crippen molar-refractivity contribution in [1.29, 1.82) is 0 Å². The molecule has 1 aromatic carbocycles. The second-order valence-corrected chi connectivity index (χ2v) is 17.1. The molecule has 1 aliphatic heterocycles. The van der Waals surface area contributed by atoms with E-state index in [0.29, 0.717) is 19.3 Å². The molecule has 0 radical (unpaired) electrons. The molecule has 15 heteroatoms. The molecular weight excluding hydrogens is 757 g/mol. The second-order valence-electron chi connectivity index (χ2n) is 17.1. The van der Waals surface area contributed by atoms with Crippen LogP contribution in [0.1, 0.15) is 122 Å². The first-order chi connectivity index (χ1) is 27.4. The van der Waals surface area contributed by atoms with Gasteiger partial charge in [0.1, 0.15) is 11.8 Å². The number of carbonyl (C=O) groups is 6. The molecule has 5 rings (SSSR count). The van der Waals surface area contributed by atoms with Crippen molar-refractivity contribution >= 4 is 34.9 Å². The number of para-hydroxylation sites is 2. The number of Topliss-reactive ketones (excluding diaryl/α,β-unsaturated/α-hetero) is 4. The van der Waals surface area contributed by atoms with Crippen LogP contribution in [0, 0.1) is 29.1 Å². The fourth-order valence-corrected chi connectivity index (χ4v) is 8.19. The van der Waals surface area contributed by atoms with E-state index in [1.165, 1.54) is 41.7 Å². The predicted octanol–water partition coefficient (Wildman–Crippen LogP) is 7.04. The smallest absolute Gasteiger partial charge is 0.485 e. The Bertz CT molecular complexity index is 1790. The lowest BCUT2D eigenvalue weighted by molar-refractivity contribution is -0.275. The third kappa shape index (κ3) is 12.2. The number of nitrogens with one attached hydrogen (secondary N) is 1. The highest BCUT2D eigenvalue weighted by Gasteiger charge is 2.47. The number of hydrogen-bond donors (Lipinski definition) is 1. The van der Waals surface area contributed by atoms with E-state index in [9.17, 15) is 41.9 Å². The normalized spacial score (nSPS) is 20.4. The van der Waals surface area contributed by atoms with Crippen LogP contribution >= 0.6 is 0 Å². The maximum atomic E-state index is 14.9. The fourth-order valence-electron chi connectivity index (χ4n) is 8.19. The number of hydrogen-bond acceptors (Lipinski definition) is 10. The molecule has 0 bridgehead atoms. The number of likely N-dealkylation sites (tertiary alicyclic amines) is 1. The first-order valence-electron chi connectivity index (χ1n) is 20.5. The number of aromatic nitrogens is 2. The molecule has 1 saturated heterocycles. The van der Waals surface area contributed by atoms with E-state index >= 15 is 0 Å². The average molecular weight is 813 g/mol. The minimum Gasteiger partial charge on any atom is -0.485 e. The van der Waals surface area contributed by atoms with Crippen LogP contribution < -0.4 is 14.8 Å². The molecule has 0 spiro atoms. The van der Waals surface area contributed by atoms with E-state index in [0.717, 1.165) is 38.2 Å². The van der Waals surface area contributed by atoms with Crippen molar-refractivity contribution in [2.24, 2.45) is 29.1 Å². The molecular formula is C43H55F3N4O8. The monoisotopic (exact) mass is 812 g/mol. The van der Waals surface area contributed by atoms with Crippen LogP contribution in [0.2, 0.25) is 0 Å². The van der Waals surface area contributed by atoms with Gasteiger partial charge in [-0.3, -0.25) is 33.8 Å². The lowest BCUT2D eigenvalue weighted by atomic mass is 9.74. The van der Waals surface area contributed by atoms with Gasteiger partial charge >= 0.3 is 6.36 Å². The van der Waals surface area contributed by atoms with Gasteiger partial charge in [0.2, 0.25) is 11.7 Å². The van der Waals surface area contributed by atoms with E-state index in [2.05, 4.69) is 20.0 Å². The van der Waals surface area contributed by atoms with Gasteiger partial charge in [0.15, 0.2) is 28.8 Å². The second kappa shape index (κ2) is 19.4. The molecule has 2 amide bonds. The lowest BCUT2D eigenvalue weighted by Crippen LogP contribution is -2.51. The predicted molar refractivity (Wildman–Crippen MR) is 205 cm³/mol. The van der Waals surface area contributed by atoms with Crippen LogP contribution in [-0.4, -0.2) is 80.9 Å². The van der Waals surface area contributed by atoms with Gasteiger partial charge in [0.25, 0.3) is 5.91 Å². The highest BCUT2D eigenvalue weighted by atomic mass is 19.4. The Hall–Kier alpha value is -4.69. The molecule has 316 valence electrons. The number of halogens is 3. The molecule has 1 N–H and O–H groups in total. The Kier molecular flexibility index (Phi) is 14.8. The molecule has 12 nitrogen and oxygen atoms in total. The molecule has 2 heterocycles. The third-order valence-corrected chi connectivity index (χ3v) is 11.5. The van der Waals surface area contributed by atoms with Crippen molar-refractivity contribution in [3.8, 4) is 11.5 Å². The number of alkyl halides is 3. The first-order valence-corrected chi connectivity index (χ1v) is 20.5. The molecule has 2 saturated carbocycles. The Balaban J connectivity index is 1.43. The number of nitrogens with zero attached hydrogens (tertiary/aromatic N) is 3.